The molecule has 1 amide bonds. The molecule has 4 heterocycles. The standard InChI is InChI=1S/C22H22F2N2O2/c23-16-8-15(9-17(24)11-16)19-12-26(22(28)14-2-1-3-18(27)10-14)20-13-4-6-25(7-5-13)21(19)20/h1-3,8-11,13,19-21,27H,4-7,12H2/t19-,20+,21+/m1/s1. The van der Waals surface area contributed by atoms with E-state index >= 15 is 0 Å². The Balaban J connectivity index is 1.54. The number of hydrogen-bond acceptors (Lipinski definition) is 3. The number of nitrogens with zero attached hydrogens (tertiary/aromatic N) is 2. The zero-order valence-electron chi connectivity index (χ0n) is 15.4. The molecule has 0 aromatic heterocycles. The highest BCUT2D eigenvalue weighted by Crippen LogP contribution is 2.47. The summed E-state index contributed by atoms with van der Waals surface area (Å²) < 4.78 is 27.8. The van der Waals surface area contributed by atoms with E-state index in [0.717, 1.165) is 32.0 Å². The normalized spacial score (nSPS) is 31.1. The lowest BCUT2D eigenvalue weighted by molar-refractivity contribution is -0.00344. The number of phenolic OH excluding ortho intramolecular Hbond substituents is 1. The van der Waals surface area contributed by atoms with Gasteiger partial charge in [0.25, 0.3) is 5.91 Å². The fourth-order valence-electron chi connectivity index (χ4n) is 5.54. The number of halogens is 2. The van der Waals surface area contributed by atoms with E-state index in [4.69, 9.17) is 0 Å². The lowest BCUT2D eigenvalue weighted by Crippen LogP contribution is -2.60. The highest BCUT2D eigenvalue weighted by atomic mass is 19.1. The number of carbonyl (C=O) groups excluding carboxylic acids is 1. The lowest BCUT2D eigenvalue weighted by Gasteiger charge is -2.51. The first kappa shape index (κ1) is 17.6. The first-order valence-electron chi connectivity index (χ1n) is 9.81. The first-order valence-corrected chi connectivity index (χ1v) is 9.81. The Hall–Kier alpha value is -2.47. The number of amides is 1. The van der Waals surface area contributed by atoms with Gasteiger partial charge in [-0.05, 0) is 67.7 Å². The molecule has 4 nitrogen and oxygen atoms in total. The van der Waals surface area contributed by atoms with Crippen LogP contribution in [-0.4, -0.2) is 52.5 Å². The maximum absolute atomic E-state index is 13.9. The van der Waals surface area contributed by atoms with Gasteiger partial charge in [0.05, 0.1) is 6.04 Å². The molecule has 2 aromatic rings. The topological polar surface area (TPSA) is 43.8 Å². The van der Waals surface area contributed by atoms with Crippen LogP contribution in [-0.2, 0) is 0 Å². The second-order valence-corrected chi connectivity index (χ2v) is 8.17. The van der Waals surface area contributed by atoms with Gasteiger partial charge < -0.3 is 10.0 Å². The zero-order valence-corrected chi connectivity index (χ0v) is 15.4. The number of likely N-dealkylation sites (tertiary alicyclic amines) is 1. The van der Waals surface area contributed by atoms with Crippen LogP contribution in [0.1, 0.15) is 34.7 Å². The summed E-state index contributed by atoms with van der Waals surface area (Å²) in [5.41, 5.74) is 1.06. The van der Waals surface area contributed by atoms with Crippen molar-refractivity contribution in [3.05, 3.63) is 65.2 Å². The van der Waals surface area contributed by atoms with Gasteiger partial charge >= 0.3 is 0 Å². The second-order valence-electron chi connectivity index (χ2n) is 8.17. The Morgan fingerprint density at radius 3 is 2.39 bits per heavy atom. The molecule has 0 aliphatic carbocycles. The van der Waals surface area contributed by atoms with E-state index in [1.54, 1.807) is 12.1 Å². The summed E-state index contributed by atoms with van der Waals surface area (Å²) in [6.45, 7) is 2.36. The highest BCUT2D eigenvalue weighted by molar-refractivity contribution is 5.95. The van der Waals surface area contributed by atoms with Crippen molar-refractivity contribution in [1.29, 1.82) is 0 Å². The molecule has 0 saturated carbocycles. The molecule has 4 aliphatic rings. The molecule has 2 bridgehead atoms. The number of fused-ring (bicyclic) bond motifs is 2. The van der Waals surface area contributed by atoms with Gasteiger partial charge in [-0.3, -0.25) is 9.69 Å². The third-order valence-electron chi connectivity index (χ3n) is 6.66. The van der Waals surface area contributed by atoms with Crippen molar-refractivity contribution in [3.8, 4) is 5.75 Å². The third-order valence-corrected chi connectivity index (χ3v) is 6.66. The number of piperidine rings is 3. The van der Waals surface area contributed by atoms with Crippen LogP contribution < -0.4 is 0 Å². The van der Waals surface area contributed by atoms with Crippen LogP contribution in [0.25, 0.3) is 0 Å². The molecular weight excluding hydrogens is 362 g/mol. The van der Waals surface area contributed by atoms with E-state index in [0.29, 0.717) is 23.6 Å². The van der Waals surface area contributed by atoms with Crippen LogP contribution in [0, 0.1) is 17.6 Å². The van der Waals surface area contributed by atoms with Gasteiger partial charge in [-0.25, -0.2) is 8.78 Å². The highest BCUT2D eigenvalue weighted by Gasteiger charge is 2.54. The molecule has 28 heavy (non-hydrogen) atoms. The average molecular weight is 384 g/mol. The van der Waals surface area contributed by atoms with Gasteiger partial charge in [0.2, 0.25) is 0 Å². The Kier molecular flexibility index (Phi) is 4.12. The zero-order chi connectivity index (χ0) is 19.4. The number of rotatable bonds is 2. The molecule has 0 radical (unpaired) electrons. The van der Waals surface area contributed by atoms with E-state index in [1.165, 1.54) is 24.3 Å². The maximum Gasteiger partial charge on any atom is 0.254 e. The van der Waals surface area contributed by atoms with Crippen molar-refractivity contribution < 1.29 is 18.7 Å². The minimum Gasteiger partial charge on any atom is -0.508 e. The molecule has 0 spiro atoms. The monoisotopic (exact) mass is 384 g/mol. The predicted molar refractivity (Wildman–Crippen MR) is 100 cm³/mol. The van der Waals surface area contributed by atoms with Crippen LogP contribution in [0.3, 0.4) is 0 Å². The molecule has 146 valence electrons. The summed E-state index contributed by atoms with van der Waals surface area (Å²) in [5, 5.41) is 9.77. The Morgan fingerprint density at radius 1 is 1.00 bits per heavy atom. The van der Waals surface area contributed by atoms with Crippen LogP contribution >= 0.6 is 0 Å². The molecule has 6 heteroatoms. The van der Waals surface area contributed by atoms with E-state index < -0.39 is 11.6 Å². The number of aromatic hydroxyl groups is 1. The van der Waals surface area contributed by atoms with Gasteiger partial charge in [-0.1, -0.05) is 6.07 Å². The largest absolute Gasteiger partial charge is 0.508 e. The predicted octanol–water partition coefficient (Wildman–Crippen LogP) is 3.37. The van der Waals surface area contributed by atoms with Gasteiger partial charge in [0.15, 0.2) is 0 Å². The number of carbonyl (C=O) groups is 1. The van der Waals surface area contributed by atoms with E-state index in [-0.39, 0.29) is 29.7 Å². The number of phenols is 1. The summed E-state index contributed by atoms with van der Waals surface area (Å²) in [4.78, 5) is 17.5. The summed E-state index contributed by atoms with van der Waals surface area (Å²) in [6.07, 6.45) is 2.07. The molecule has 3 atom stereocenters. The quantitative estimate of drug-likeness (QED) is 0.863. The van der Waals surface area contributed by atoms with Gasteiger partial charge in [0, 0.05) is 30.1 Å². The molecule has 6 rings (SSSR count). The minimum atomic E-state index is -0.583. The Labute approximate surface area is 162 Å². The smallest absolute Gasteiger partial charge is 0.254 e. The van der Waals surface area contributed by atoms with Crippen molar-refractivity contribution in [2.45, 2.75) is 30.8 Å². The first-order chi connectivity index (χ1) is 13.5. The molecule has 4 aliphatic heterocycles. The van der Waals surface area contributed by atoms with Crippen LogP contribution in [0.5, 0.6) is 5.75 Å². The fourth-order valence-corrected chi connectivity index (χ4v) is 5.54. The van der Waals surface area contributed by atoms with Crippen molar-refractivity contribution in [2.75, 3.05) is 19.6 Å². The van der Waals surface area contributed by atoms with Crippen molar-refractivity contribution in [1.82, 2.24) is 9.80 Å². The maximum atomic E-state index is 13.9. The van der Waals surface area contributed by atoms with Crippen molar-refractivity contribution >= 4 is 5.91 Å². The van der Waals surface area contributed by atoms with E-state index in [9.17, 15) is 18.7 Å². The molecule has 4 fully saturated rings. The Morgan fingerprint density at radius 2 is 1.71 bits per heavy atom. The van der Waals surface area contributed by atoms with Gasteiger partial charge in [-0.15, -0.1) is 0 Å². The summed E-state index contributed by atoms with van der Waals surface area (Å²) in [6, 6.07) is 10.2. The molecule has 2 aromatic carbocycles. The molecule has 0 unspecified atom stereocenters. The lowest BCUT2D eigenvalue weighted by atomic mass is 9.75. The third kappa shape index (κ3) is 2.78. The van der Waals surface area contributed by atoms with Crippen LogP contribution in [0.15, 0.2) is 42.5 Å². The number of hydrogen-bond donors (Lipinski definition) is 1. The van der Waals surface area contributed by atoms with Crippen LogP contribution in [0.4, 0.5) is 8.78 Å². The molecule has 1 N–H and O–H groups in total. The number of benzene rings is 2. The molecular formula is C22H22F2N2O2. The Bertz CT molecular complexity index is 906. The summed E-state index contributed by atoms with van der Waals surface area (Å²) >= 11 is 0. The summed E-state index contributed by atoms with van der Waals surface area (Å²) in [7, 11) is 0. The van der Waals surface area contributed by atoms with E-state index in [1.807, 2.05) is 4.90 Å². The van der Waals surface area contributed by atoms with Gasteiger partial charge in [0.1, 0.15) is 17.4 Å². The van der Waals surface area contributed by atoms with Gasteiger partial charge in [-0.2, -0.15) is 0 Å². The average Bonchev–Trinajstić information content (AvgIpc) is 3.10. The van der Waals surface area contributed by atoms with Crippen molar-refractivity contribution in [2.24, 2.45) is 5.92 Å². The minimum absolute atomic E-state index is 0.0358. The SMILES string of the molecule is O=C(c1cccc(O)c1)N1C[C@H](c2cc(F)cc(F)c2)[C@H]2[C@@H]1C1CCN2CC1. The van der Waals surface area contributed by atoms with Crippen LogP contribution in [0.2, 0.25) is 0 Å². The molecule has 4 saturated heterocycles. The van der Waals surface area contributed by atoms with E-state index in [2.05, 4.69) is 4.90 Å². The second kappa shape index (κ2) is 6.55. The van der Waals surface area contributed by atoms with Crippen molar-refractivity contribution in [3.63, 3.8) is 0 Å². The fraction of sp³-hybridized carbons (Fsp3) is 0.409. The summed E-state index contributed by atoms with van der Waals surface area (Å²) in [5.74, 6) is -0.960.